The van der Waals surface area contributed by atoms with Crippen molar-refractivity contribution in [3.05, 3.63) is 104 Å². The van der Waals surface area contributed by atoms with Crippen LogP contribution in [0.1, 0.15) is 49.1 Å². The largest absolute Gasteiger partial charge is 0.527 e. The molecule has 6 rings (SSSR count). The van der Waals surface area contributed by atoms with Crippen LogP contribution in [0.2, 0.25) is 0 Å². The van der Waals surface area contributed by atoms with Crippen LogP contribution < -0.4 is 9.84 Å². The smallest absolute Gasteiger partial charge is 0.404 e. The van der Waals surface area contributed by atoms with Gasteiger partial charge in [-0.1, -0.05) is 24.3 Å². The van der Waals surface area contributed by atoms with Crippen molar-refractivity contribution in [3.63, 3.8) is 0 Å². The topological polar surface area (TPSA) is 174 Å². The molecule has 15 heteroatoms. The van der Waals surface area contributed by atoms with Gasteiger partial charge >= 0.3 is 7.82 Å². The van der Waals surface area contributed by atoms with Crippen LogP contribution in [0, 0.1) is 20.2 Å². The summed E-state index contributed by atoms with van der Waals surface area (Å²) in [4.78, 5) is 46.6. The molecule has 2 heterocycles. The van der Waals surface area contributed by atoms with Crippen molar-refractivity contribution in [2.24, 2.45) is 0 Å². The number of benzene rings is 3. The van der Waals surface area contributed by atoms with Gasteiger partial charge in [-0.2, -0.15) is 0 Å². The highest BCUT2D eigenvalue weighted by molar-refractivity contribution is 7.99. The second kappa shape index (κ2) is 14.0. The summed E-state index contributed by atoms with van der Waals surface area (Å²) in [5.41, 5.74) is 4.82. The minimum Gasteiger partial charge on any atom is -0.404 e. The Labute approximate surface area is 274 Å². The molecular formula is C32H33N4O9PS. The fourth-order valence-corrected chi connectivity index (χ4v) is 8.39. The molecular weight excluding hydrogens is 647 g/mol. The quantitative estimate of drug-likeness (QED) is 0.0878. The first kappa shape index (κ1) is 32.9. The number of fused-ring (bicyclic) bond motifs is 4. The fraction of sp³-hybridized carbons (Fsp3) is 0.344. The zero-order chi connectivity index (χ0) is 33.1. The van der Waals surface area contributed by atoms with E-state index in [9.17, 15) is 34.5 Å². The minimum absolute atomic E-state index is 0.0121. The normalized spacial score (nSPS) is 20.0. The fourth-order valence-electron chi connectivity index (χ4n) is 6.63. The number of rotatable bonds is 12. The van der Waals surface area contributed by atoms with Gasteiger partial charge in [0.15, 0.2) is 0 Å². The SMILES string of the molecule is O=C(CCSc1ccc([N+](=O)[O-])cc1[N+](=O)[O-])Nc1ccc(OP(=O)(O)OC[C@@H]2CC3=C(CCN4CCC[C@@H]34)c3ccccc32)cc1. The Morgan fingerprint density at radius 1 is 1.06 bits per heavy atom. The zero-order valence-electron chi connectivity index (χ0n) is 25.3. The number of amides is 1. The van der Waals surface area contributed by atoms with E-state index < -0.39 is 23.4 Å². The Morgan fingerprint density at radius 2 is 1.85 bits per heavy atom. The summed E-state index contributed by atoms with van der Waals surface area (Å²) in [6, 6.07) is 18.0. The molecule has 1 saturated heterocycles. The predicted octanol–water partition coefficient (Wildman–Crippen LogP) is 6.93. The van der Waals surface area contributed by atoms with Gasteiger partial charge in [-0.05, 0) is 84.8 Å². The van der Waals surface area contributed by atoms with Crippen LogP contribution in [-0.4, -0.2) is 57.0 Å². The second-order valence-corrected chi connectivity index (χ2v) is 14.1. The van der Waals surface area contributed by atoms with Gasteiger partial charge in [0.2, 0.25) is 5.91 Å². The van der Waals surface area contributed by atoms with Crippen LogP contribution in [0.5, 0.6) is 5.75 Å². The molecule has 3 aliphatic rings. The molecule has 1 aliphatic carbocycles. The molecule has 3 atom stereocenters. The van der Waals surface area contributed by atoms with Crippen LogP contribution in [0.3, 0.4) is 0 Å². The van der Waals surface area contributed by atoms with Crippen LogP contribution in [0.25, 0.3) is 5.57 Å². The van der Waals surface area contributed by atoms with Crippen LogP contribution >= 0.6 is 19.6 Å². The van der Waals surface area contributed by atoms with Crippen molar-refractivity contribution in [1.29, 1.82) is 0 Å². The highest BCUT2D eigenvalue weighted by atomic mass is 32.2. The first-order chi connectivity index (χ1) is 22.6. The number of nitro benzene ring substituents is 2. The van der Waals surface area contributed by atoms with Crippen molar-refractivity contribution in [3.8, 4) is 5.75 Å². The molecule has 2 N–H and O–H groups in total. The Hall–Kier alpha value is -4.07. The van der Waals surface area contributed by atoms with E-state index in [4.69, 9.17) is 9.05 Å². The van der Waals surface area contributed by atoms with Crippen LogP contribution in [0.15, 0.2) is 77.2 Å². The van der Waals surface area contributed by atoms with Crippen LogP contribution in [-0.2, 0) is 13.9 Å². The number of hydrogen-bond donors (Lipinski definition) is 2. The molecule has 2 aliphatic heterocycles. The van der Waals surface area contributed by atoms with Gasteiger partial charge in [-0.25, -0.2) is 4.57 Å². The number of non-ortho nitro benzene ring substituents is 1. The maximum Gasteiger partial charge on any atom is 0.527 e. The van der Waals surface area contributed by atoms with Crippen molar-refractivity contribution >= 4 is 48.1 Å². The summed E-state index contributed by atoms with van der Waals surface area (Å²) in [5, 5.41) is 24.9. The van der Waals surface area contributed by atoms with E-state index in [1.165, 1.54) is 59.5 Å². The number of phosphoric acid groups is 1. The third-order valence-electron chi connectivity index (χ3n) is 8.73. The lowest BCUT2D eigenvalue weighted by atomic mass is 9.74. The van der Waals surface area contributed by atoms with Gasteiger partial charge in [0.25, 0.3) is 11.4 Å². The van der Waals surface area contributed by atoms with Crippen molar-refractivity contribution < 1.29 is 33.1 Å². The summed E-state index contributed by atoms with van der Waals surface area (Å²) in [5.74, 6) is -0.147. The Bertz CT molecular complexity index is 1780. The number of hydrogen-bond acceptors (Lipinski definition) is 10. The molecule has 0 bridgehead atoms. The third kappa shape index (κ3) is 7.58. The van der Waals surface area contributed by atoms with E-state index in [0.717, 1.165) is 55.7 Å². The minimum atomic E-state index is -4.46. The number of carbonyl (C=O) groups excluding carboxylic acids is 1. The molecule has 246 valence electrons. The molecule has 1 amide bonds. The first-order valence-corrected chi connectivity index (χ1v) is 17.7. The molecule has 3 aromatic rings. The lowest BCUT2D eigenvalue weighted by Crippen LogP contribution is -2.38. The number of nitrogens with zero attached hydrogens (tertiary/aromatic N) is 3. The zero-order valence-corrected chi connectivity index (χ0v) is 27.0. The molecule has 1 unspecified atom stereocenters. The van der Waals surface area contributed by atoms with Crippen molar-refractivity contribution in [2.45, 2.75) is 49.0 Å². The second-order valence-electron chi connectivity index (χ2n) is 11.6. The molecule has 47 heavy (non-hydrogen) atoms. The summed E-state index contributed by atoms with van der Waals surface area (Å²) in [6.07, 6.45) is 4.13. The molecule has 1 fully saturated rings. The summed E-state index contributed by atoms with van der Waals surface area (Å²) in [7, 11) is -4.46. The summed E-state index contributed by atoms with van der Waals surface area (Å²) < 4.78 is 23.8. The van der Waals surface area contributed by atoms with E-state index in [0.29, 0.717) is 11.7 Å². The first-order valence-electron chi connectivity index (χ1n) is 15.3. The highest BCUT2D eigenvalue weighted by Crippen LogP contribution is 2.50. The van der Waals surface area contributed by atoms with Gasteiger partial charge in [0, 0.05) is 42.4 Å². The maximum absolute atomic E-state index is 13.0. The number of anilines is 1. The molecule has 0 aromatic heterocycles. The summed E-state index contributed by atoms with van der Waals surface area (Å²) >= 11 is 1.04. The molecule has 0 saturated carbocycles. The monoisotopic (exact) mass is 680 g/mol. The standard InChI is InChI=1S/C32H33N4O9PS/c37-32(14-17-47-31-12-9-23(35(38)39)19-30(31)36(40)41)33-22-7-10-24(11-8-22)45-46(42,43)44-20-21-18-28-27(26-5-2-1-4-25(21)26)13-16-34-15-3-6-29(28)34/h1-2,4-5,7-12,19,21,29H,3,6,13-18,20H2,(H,33,37)(H,42,43)/t21-,29-/m0/s1. The van der Waals surface area contributed by atoms with Gasteiger partial charge in [0.1, 0.15) is 5.75 Å². The average molecular weight is 681 g/mol. The molecule has 0 radical (unpaired) electrons. The molecule has 13 nitrogen and oxygen atoms in total. The Morgan fingerprint density at radius 3 is 2.62 bits per heavy atom. The third-order valence-corrected chi connectivity index (χ3v) is 10.7. The number of nitro groups is 2. The predicted molar refractivity (Wildman–Crippen MR) is 177 cm³/mol. The summed E-state index contributed by atoms with van der Waals surface area (Å²) in [6.45, 7) is 2.21. The Kier molecular flexibility index (Phi) is 9.76. The van der Waals surface area contributed by atoms with E-state index in [-0.39, 0.29) is 46.9 Å². The van der Waals surface area contributed by atoms with E-state index >= 15 is 0 Å². The number of nitrogens with one attached hydrogen (secondary N) is 1. The highest BCUT2D eigenvalue weighted by Gasteiger charge is 2.39. The van der Waals surface area contributed by atoms with Gasteiger partial charge in [-0.15, -0.1) is 11.8 Å². The molecule has 0 spiro atoms. The van der Waals surface area contributed by atoms with E-state index in [2.05, 4.69) is 22.3 Å². The van der Waals surface area contributed by atoms with E-state index in [1.54, 1.807) is 0 Å². The average Bonchev–Trinajstić information content (AvgIpc) is 3.54. The lowest BCUT2D eigenvalue weighted by Gasteiger charge is -2.40. The van der Waals surface area contributed by atoms with Crippen molar-refractivity contribution in [2.75, 3.05) is 30.8 Å². The van der Waals surface area contributed by atoms with Crippen molar-refractivity contribution in [1.82, 2.24) is 4.90 Å². The maximum atomic E-state index is 13.0. The van der Waals surface area contributed by atoms with Gasteiger partial charge in [-0.3, -0.25) is 39.3 Å². The molecule has 3 aromatic carbocycles. The Balaban J connectivity index is 1.01. The lowest BCUT2D eigenvalue weighted by molar-refractivity contribution is -0.396. The van der Waals surface area contributed by atoms with E-state index in [1.807, 2.05) is 12.1 Å². The number of carbonyl (C=O) groups is 1. The van der Waals surface area contributed by atoms with Gasteiger partial charge in [0.05, 0.1) is 27.4 Å². The van der Waals surface area contributed by atoms with Crippen LogP contribution in [0.4, 0.5) is 17.1 Å². The number of phosphoric ester groups is 1. The number of thioether (sulfide) groups is 1. The van der Waals surface area contributed by atoms with Gasteiger partial charge < -0.3 is 9.84 Å².